The Kier molecular flexibility index (Phi) is 9.27. The third-order valence-corrected chi connectivity index (χ3v) is 9.23. The summed E-state index contributed by atoms with van der Waals surface area (Å²) in [6.07, 6.45) is 9.14. The van der Waals surface area contributed by atoms with E-state index >= 15 is 8.78 Å². The third kappa shape index (κ3) is 7.19. The number of rotatable bonds is 12. The van der Waals surface area contributed by atoms with E-state index in [1.807, 2.05) is 0 Å². The molecule has 2 aliphatic rings. The molecule has 5 rings (SSSR count). The Labute approximate surface area is 246 Å². The number of piperidine rings is 1. The lowest BCUT2D eigenvalue weighted by Crippen LogP contribution is -2.35. The van der Waals surface area contributed by atoms with Crippen LogP contribution in [0.15, 0.2) is 42.9 Å². The monoisotopic (exact) mass is 604 g/mol. The minimum Gasteiger partial charge on any atom is -0.477 e. The molecule has 0 unspecified atom stereocenters. The van der Waals surface area contributed by atoms with Crippen LogP contribution in [0.5, 0.6) is 5.88 Å². The maximum absolute atomic E-state index is 15.3. The van der Waals surface area contributed by atoms with Crippen molar-refractivity contribution >= 4 is 21.6 Å². The molecule has 2 N–H and O–H groups in total. The van der Waals surface area contributed by atoms with Crippen molar-refractivity contribution in [3.8, 4) is 17.1 Å². The Balaban J connectivity index is 0.00000264. The van der Waals surface area contributed by atoms with Gasteiger partial charge in [0.1, 0.15) is 0 Å². The average Bonchev–Trinajstić information content (AvgIpc) is 3.84. The van der Waals surface area contributed by atoms with Crippen molar-refractivity contribution in [3.05, 3.63) is 65.7 Å². The molecule has 10 nitrogen and oxygen atoms in total. The molecule has 3 aromatic rings. The molecule has 1 saturated carbocycles. The number of amides is 1. The second-order valence-corrected chi connectivity index (χ2v) is 12.5. The fourth-order valence-electron chi connectivity index (χ4n) is 4.97. The van der Waals surface area contributed by atoms with Gasteiger partial charge in [0.15, 0.2) is 11.6 Å². The highest BCUT2D eigenvalue weighted by Crippen LogP contribution is 2.31. The van der Waals surface area contributed by atoms with Crippen molar-refractivity contribution in [2.24, 2.45) is 0 Å². The second-order valence-electron chi connectivity index (χ2n) is 10.5. The highest BCUT2D eigenvalue weighted by atomic mass is 32.2. The number of ether oxygens (including phenoxy) is 1. The maximum Gasteiger partial charge on any atom is 0.254 e. The quantitative estimate of drug-likeness (QED) is 0.297. The molecule has 2 fully saturated rings. The van der Waals surface area contributed by atoms with Crippen LogP contribution < -0.4 is 14.8 Å². The van der Waals surface area contributed by atoms with E-state index < -0.39 is 44.4 Å². The molecule has 13 heteroatoms. The van der Waals surface area contributed by atoms with E-state index in [0.717, 1.165) is 25.9 Å². The highest BCUT2D eigenvalue weighted by Gasteiger charge is 2.36. The molecule has 0 radical (unpaired) electrons. The first-order valence-electron chi connectivity index (χ1n) is 14.2. The maximum atomic E-state index is 15.3. The van der Waals surface area contributed by atoms with Crippen molar-refractivity contribution in [1.29, 1.82) is 0 Å². The number of sulfonamides is 1. The summed E-state index contributed by atoms with van der Waals surface area (Å²) in [6.45, 7) is 4.61. The van der Waals surface area contributed by atoms with Gasteiger partial charge in [0.2, 0.25) is 15.9 Å². The summed E-state index contributed by atoms with van der Waals surface area (Å²) in [5.74, 6) is -3.20. The standard InChI is InChI=1S/C29H34F2N6O4S.2H2/c1-2-41-26-18-32-17-25(34-26)21-8-9-22(28(31)27(21)30)29(38)35-23(11-15-37-13-4-3-5-14-37)24-16-19(10-12-33-24)36-42(39,40)20-6-7-20;;/h8-10,12,16-18,20,23H,2-7,11,13-15H2,1H3,(H,33,36)(H,35,38);2*1H/t23-;;/m1../s1. The minimum atomic E-state index is -3.50. The summed E-state index contributed by atoms with van der Waals surface area (Å²) >= 11 is 0. The topological polar surface area (TPSA) is 126 Å². The zero-order valence-electron chi connectivity index (χ0n) is 23.4. The molecule has 3 heterocycles. The first-order chi connectivity index (χ1) is 20.2. The van der Waals surface area contributed by atoms with Crippen LogP contribution in [0.2, 0.25) is 0 Å². The second kappa shape index (κ2) is 13.1. The van der Waals surface area contributed by atoms with Crippen molar-refractivity contribution in [3.63, 3.8) is 0 Å². The number of nitrogens with zero attached hydrogens (tertiary/aromatic N) is 4. The number of anilines is 1. The molecule has 0 bridgehead atoms. The van der Waals surface area contributed by atoms with Gasteiger partial charge in [-0.05, 0) is 76.4 Å². The zero-order chi connectivity index (χ0) is 29.7. The molecule has 1 aliphatic heterocycles. The van der Waals surface area contributed by atoms with Gasteiger partial charge >= 0.3 is 0 Å². The van der Waals surface area contributed by atoms with Crippen LogP contribution >= 0.6 is 0 Å². The number of likely N-dealkylation sites (tertiary alicyclic amines) is 1. The number of hydrogen-bond acceptors (Lipinski definition) is 8. The largest absolute Gasteiger partial charge is 0.477 e. The van der Waals surface area contributed by atoms with Gasteiger partial charge in [-0.15, -0.1) is 0 Å². The summed E-state index contributed by atoms with van der Waals surface area (Å²) in [5, 5.41) is 2.40. The zero-order valence-corrected chi connectivity index (χ0v) is 24.2. The summed E-state index contributed by atoms with van der Waals surface area (Å²) in [6, 6.07) is 4.92. The molecule has 1 saturated heterocycles. The van der Waals surface area contributed by atoms with Gasteiger partial charge in [-0.25, -0.2) is 22.2 Å². The number of carbonyl (C=O) groups is 1. The predicted octanol–water partition coefficient (Wildman–Crippen LogP) is 4.96. The number of hydrogen-bond donors (Lipinski definition) is 2. The molecule has 2 aromatic heterocycles. The van der Waals surface area contributed by atoms with Crippen LogP contribution in [0, 0.1) is 11.6 Å². The molecule has 1 amide bonds. The Morgan fingerprint density at radius 1 is 1.14 bits per heavy atom. The van der Waals surface area contributed by atoms with Crippen molar-refractivity contribution in [1.82, 2.24) is 25.2 Å². The van der Waals surface area contributed by atoms with Gasteiger partial charge in [0, 0.05) is 21.2 Å². The summed E-state index contributed by atoms with van der Waals surface area (Å²) in [5.41, 5.74) is 0.187. The average molecular weight is 605 g/mol. The van der Waals surface area contributed by atoms with E-state index in [2.05, 4.69) is 29.9 Å². The van der Waals surface area contributed by atoms with E-state index in [-0.39, 0.29) is 20.0 Å². The normalized spacial score (nSPS) is 16.5. The smallest absolute Gasteiger partial charge is 0.254 e. The fraction of sp³-hybridized carbons (Fsp3) is 0.448. The number of pyridine rings is 1. The lowest BCUT2D eigenvalue weighted by Gasteiger charge is -2.28. The van der Waals surface area contributed by atoms with E-state index in [9.17, 15) is 13.2 Å². The van der Waals surface area contributed by atoms with Crippen LogP contribution in [-0.4, -0.2) is 65.7 Å². The van der Waals surface area contributed by atoms with Crippen LogP contribution in [0.4, 0.5) is 14.5 Å². The third-order valence-electron chi connectivity index (χ3n) is 7.36. The number of carbonyl (C=O) groups excluding carboxylic acids is 1. The first-order valence-corrected chi connectivity index (χ1v) is 15.7. The molecule has 1 aromatic carbocycles. The lowest BCUT2D eigenvalue weighted by atomic mass is 10.0. The number of nitrogens with one attached hydrogen (secondary N) is 2. The van der Waals surface area contributed by atoms with Crippen LogP contribution in [0.25, 0.3) is 11.3 Å². The minimum absolute atomic E-state index is 0. The van der Waals surface area contributed by atoms with E-state index in [0.29, 0.717) is 43.8 Å². The molecule has 1 atom stereocenters. The van der Waals surface area contributed by atoms with Gasteiger partial charge in [0.25, 0.3) is 5.91 Å². The van der Waals surface area contributed by atoms with Gasteiger partial charge in [-0.2, -0.15) is 0 Å². The fourth-order valence-corrected chi connectivity index (χ4v) is 6.35. The van der Waals surface area contributed by atoms with E-state index in [1.165, 1.54) is 37.1 Å². The van der Waals surface area contributed by atoms with Crippen molar-refractivity contribution < 1.29 is 29.6 Å². The van der Waals surface area contributed by atoms with Gasteiger partial charge < -0.3 is 15.0 Å². The predicted molar refractivity (Wildman–Crippen MR) is 158 cm³/mol. The number of benzene rings is 1. The SMILES string of the molecule is CCOc1cncc(-c2ccc(C(=O)N[C@H](CCN3CCCCC3)c3cc(NS(=O)(=O)C4CC4)ccn3)c(F)c2F)n1.[HH].[HH]. The molecular weight excluding hydrogens is 566 g/mol. The number of aromatic nitrogens is 3. The first kappa shape index (κ1) is 29.8. The summed E-state index contributed by atoms with van der Waals surface area (Å²) < 4.78 is 63.4. The molecule has 1 aliphatic carbocycles. The lowest BCUT2D eigenvalue weighted by molar-refractivity contribution is 0.0924. The van der Waals surface area contributed by atoms with Crippen LogP contribution in [-0.2, 0) is 10.0 Å². The highest BCUT2D eigenvalue weighted by molar-refractivity contribution is 7.93. The Morgan fingerprint density at radius 2 is 1.93 bits per heavy atom. The molecule has 42 heavy (non-hydrogen) atoms. The Hall–Kier alpha value is -3.71. The van der Waals surface area contributed by atoms with E-state index in [4.69, 9.17) is 4.74 Å². The Morgan fingerprint density at radius 3 is 2.67 bits per heavy atom. The van der Waals surface area contributed by atoms with Gasteiger partial charge in [0.05, 0.1) is 52.9 Å². The molecular formula is C29H38F2N6O4S. The van der Waals surface area contributed by atoms with Gasteiger partial charge in [-0.3, -0.25) is 19.5 Å². The summed E-state index contributed by atoms with van der Waals surface area (Å²) in [7, 11) is -3.50. The Bertz CT molecular complexity index is 1540. The molecule has 228 valence electrons. The molecule has 0 spiro atoms. The van der Waals surface area contributed by atoms with Crippen LogP contribution in [0.1, 0.15) is 70.4 Å². The van der Waals surface area contributed by atoms with Gasteiger partial charge in [-0.1, -0.05) is 6.42 Å². The summed E-state index contributed by atoms with van der Waals surface area (Å²) in [4.78, 5) is 28.1. The van der Waals surface area contributed by atoms with Crippen molar-refractivity contribution in [2.75, 3.05) is 31.0 Å². The number of halogens is 2. The van der Waals surface area contributed by atoms with E-state index in [1.54, 1.807) is 19.1 Å². The van der Waals surface area contributed by atoms with Crippen LogP contribution in [0.3, 0.4) is 0 Å². The van der Waals surface area contributed by atoms with Crippen molar-refractivity contribution in [2.45, 2.75) is 56.7 Å².